The van der Waals surface area contributed by atoms with Crippen LogP contribution in [-0.4, -0.2) is 6.17 Å². The Kier molecular flexibility index (Phi) is 4.03. The van der Waals surface area contributed by atoms with E-state index < -0.39 is 0 Å². The normalized spacial score (nSPS) is 12.2. The Morgan fingerprint density at radius 3 is 2.88 bits per heavy atom. The lowest BCUT2D eigenvalue weighted by atomic mass is 10.3. The quantitative estimate of drug-likeness (QED) is 0.336. The van der Waals surface area contributed by atoms with E-state index >= 15 is 0 Å². The third-order valence-corrected chi connectivity index (χ3v) is 0.784. The van der Waals surface area contributed by atoms with Crippen molar-refractivity contribution in [3.05, 3.63) is 10.4 Å². The van der Waals surface area contributed by atoms with Crippen LogP contribution < -0.4 is 5.73 Å². The molecule has 0 heterocycles. The molecule has 8 heavy (non-hydrogen) atoms. The second-order valence-electron chi connectivity index (χ2n) is 1.56. The van der Waals surface area contributed by atoms with Gasteiger partial charge in [0, 0.05) is 4.91 Å². The molecule has 0 radical (unpaired) electrons. The minimum atomic E-state index is -0.329. The van der Waals surface area contributed by atoms with E-state index in [1.165, 1.54) is 0 Å². The summed E-state index contributed by atoms with van der Waals surface area (Å²) in [5.74, 6) is 0. The molecular weight excluding hydrogens is 104 g/mol. The van der Waals surface area contributed by atoms with Crippen LogP contribution in [0.2, 0.25) is 0 Å². The van der Waals surface area contributed by atoms with Crippen LogP contribution in [0.15, 0.2) is 5.11 Å². The first-order valence-corrected chi connectivity index (χ1v) is 2.61. The molecule has 0 aliphatic heterocycles. The van der Waals surface area contributed by atoms with E-state index in [1.54, 1.807) is 0 Å². The summed E-state index contributed by atoms with van der Waals surface area (Å²) in [4.78, 5) is 2.55. The van der Waals surface area contributed by atoms with Crippen molar-refractivity contribution in [2.45, 2.75) is 25.9 Å². The van der Waals surface area contributed by atoms with Gasteiger partial charge in [-0.3, -0.25) is 0 Å². The van der Waals surface area contributed by atoms with E-state index in [1.807, 2.05) is 6.92 Å². The van der Waals surface area contributed by atoms with Gasteiger partial charge in [0.1, 0.15) is 0 Å². The first-order valence-electron chi connectivity index (χ1n) is 2.61. The molecule has 0 aliphatic carbocycles. The first-order chi connectivity index (χ1) is 3.81. The average molecular weight is 114 g/mol. The zero-order chi connectivity index (χ0) is 6.41. The van der Waals surface area contributed by atoms with Crippen LogP contribution in [0.3, 0.4) is 0 Å². The molecule has 1 atom stereocenters. The van der Waals surface area contributed by atoms with Gasteiger partial charge in [0.05, 0.1) is 6.17 Å². The maximum absolute atomic E-state index is 7.84. The summed E-state index contributed by atoms with van der Waals surface area (Å²) in [7, 11) is 0. The predicted molar refractivity (Wildman–Crippen MR) is 32.0 cm³/mol. The van der Waals surface area contributed by atoms with E-state index in [-0.39, 0.29) is 6.17 Å². The van der Waals surface area contributed by atoms with Crippen molar-refractivity contribution < 1.29 is 0 Å². The first kappa shape index (κ1) is 7.27. The van der Waals surface area contributed by atoms with Crippen LogP contribution >= 0.6 is 0 Å². The van der Waals surface area contributed by atoms with Gasteiger partial charge in [-0.2, -0.15) is 0 Å². The Morgan fingerprint density at radius 2 is 2.50 bits per heavy atom. The third-order valence-electron chi connectivity index (χ3n) is 0.784. The second-order valence-corrected chi connectivity index (χ2v) is 1.56. The summed E-state index contributed by atoms with van der Waals surface area (Å²) in [6.07, 6.45) is 1.40. The van der Waals surface area contributed by atoms with E-state index in [4.69, 9.17) is 11.3 Å². The zero-order valence-corrected chi connectivity index (χ0v) is 4.91. The van der Waals surface area contributed by atoms with Crippen molar-refractivity contribution in [2.75, 3.05) is 0 Å². The highest BCUT2D eigenvalue weighted by Gasteiger charge is 1.92. The molecule has 0 fully saturated rings. The molecule has 0 aromatic rings. The maximum Gasteiger partial charge on any atom is 0.0836 e. The molecule has 4 heteroatoms. The van der Waals surface area contributed by atoms with Crippen molar-refractivity contribution in [3.8, 4) is 0 Å². The lowest BCUT2D eigenvalue weighted by Gasteiger charge is -1.97. The van der Waals surface area contributed by atoms with Gasteiger partial charge >= 0.3 is 0 Å². The summed E-state index contributed by atoms with van der Waals surface area (Å²) < 4.78 is 0. The molecule has 0 aliphatic rings. The molecule has 0 spiro atoms. The van der Waals surface area contributed by atoms with Crippen molar-refractivity contribution in [1.29, 1.82) is 0 Å². The van der Waals surface area contributed by atoms with Crippen LogP contribution in [0, 0.1) is 0 Å². The van der Waals surface area contributed by atoms with Crippen LogP contribution in [0.25, 0.3) is 10.4 Å². The Balaban J connectivity index is 3.31. The van der Waals surface area contributed by atoms with E-state index in [0.29, 0.717) is 0 Å². The van der Waals surface area contributed by atoms with Crippen molar-refractivity contribution in [3.63, 3.8) is 0 Å². The predicted octanol–water partition coefficient (Wildman–Crippen LogP) is 1.38. The van der Waals surface area contributed by atoms with Crippen molar-refractivity contribution in [2.24, 2.45) is 10.8 Å². The molecule has 0 aromatic heterocycles. The van der Waals surface area contributed by atoms with E-state index in [0.717, 1.165) is 12.8 Å². The number of nitrogens with zero attached hydrogens (tertiary/aromatic N) is 3. The molecule has 0 bridgehead atoms. The summed E-state index contributed by atoms with van der Waals surface area (Å²) in [6.45, 7) is 1.99. The van der Waals surface area contributed by atoms with E-state index in [9.17, 15) is 0 Å². The SMILES string of the molecule is CCCC(N)N=[N+]=[N-]. The summed E-state index contributed by atoms with van der Waals surface area (Å²) in [6, 6.07) is 0. The molecule has 0 saturated carbocycles. The lowest BCUT2D eigenvalue weighted by Crippen LogP contribution is -2.14. The average Bonchev–Trinajstić information content (AvgIpc) is 1.68. The highest BCUT2D eigenvalue weighted by atomic mass is 15.2. The molecule has 1 unspecified atom stereocenters. The number of hydrogen-bond acceptors (Lipinski definition) is 2. The second kappa shape index (κ2) is 4.43. The molecule has 46 valence electrons. The number of azide groups is 1. The molecule has 0 amide bonds. The fraction of sp³-hybridized carbons (Fsp3) is 1.00. The van der Waals surface area contributed by atoms with Gasteiger partial charge in [0.15, 0.2) is 0 Å². The zero-order valence-electron chi connectivity index (χ0n) is 4.91. The summed E-state index contributed by atoms with van der Waals surface area (Å²) in [5, 5.41) is 3.27. The van der Waals surface area contributed by atoms with Crippen molar-refractivity contribution in [1.82, 2.24) is 0 Å². The number of rotatable bonds is 3. The minimum absolute atomic E-state index is 0.329. The number of hydrogen-bond donors (Lipinski definition) is 1. The molecular formula is C4H10N4. The third kappa shape index (κ3) is 3.46. The van der Waals surface area contributed by atoms with Crippen molar-refractivity contribution >= 4 is 0 Å². The minimum Gasteiger partial charge on any atom is -0.323 e. The Bertz CT molecular complexity index is 94.2. The van der Waals surface area contributed by atoms with E-state index in [2.05, 4.69) is 10.0 Å². The Hall–Kier alpha value is -0.730. The van der Waals surface area contributed by atoms with Crippen LogP contribution in [0.1, 0.15) is 19.8 Å². The maximum atomic E-state index is 7.84. The molecule has 0 rings (SSSR count). The monoisotopic (exact) mass is 114 g/mol. The summed E-state index contributed by atoms with van der Waals surface area (Å²) >= 11 is 0. The molecule has 4 nitrogen and oxygen atoms in total. The smallest absolute Gasteiger partial charge is 0.0836 e. The van der Waals surface area contributed by atoms with Crippen LogP contribution in [0.4, 0.5) is 0 Å². The van der Waals surface area contributed by atoms with Gasteiger partial charge in [-0.25, -0.2) is 0 Å². The standard InChI is InChI=1S/C4H10N4/c1-2-3-4(5)7-8-6/h4H,2-3,5H2,1H3. The fourth-order valence-electron chi connectivity index (χ4n) is 0.420. The van der Waals surface area contributed by atoms with Gasteiger partial charge in [0.2, 0.25) is 0 Å². The Labute approximate surface area is 48.3 Å². The highest BCUT2D eigenvalue weighted by Crippen LogP contribution is 1.92. The van der Waals surface area contributed by atoms with Gasteiger partial charge < -0.3 is 5.73 Å². The lowest BCUT2D eigenvalue weighted by molar-refractivity contribution is 0.623. The molecule has 0 saturated heterocycles. The topological polar surface area (TPSA) is 74.8 Å². The van der Waals surface area contributed by atoms with Gasteiger partial charge in [-0.15, -0.1) is 0 Å². The van der Waals surface area contributed by atoms with Crippen LogP contribution in [0.5, 0.6) is 0 Å². The van der Waals surface area contributed by atoms with Crippen LogP contribution in [-0.2, 0) is 0 Å². The fourth-order valence-corrected chi connectivity index (χ4v) is 0.420. The number of nitrogens with two attached hydrogens (primary N) is 1. The largest absolute Gasteiger partial charge is 0.323 e. The van der Waals surface area contributed by atoms with Gasteiger partial charge in [-0.05, 0) is 12.0 Å². The van der Waals surface area contributed by atoms with Gasteiger partial charge in [-0.1, -0.05) is 18.5 Å². The molecule has 0 aromatic carbocycles. The Morgan fingerprint density at radius 1 is 1.88 bits per heavy atom. The highest BCUT2D eigenvalue weighted by molar-refractivity contribution is 4.56. The van der Waals surface area contributed by atoms with Gasteiger partial charge in [0.25, 0.3) is 0 Å². The molecule has 2 N–H and O–H groups in total. The summed E-state index contributed by atoms with van der Waals surface area (Å²) in [5.41, 5.74) is 13.1.